The average molecular weight is 275 g/mol. The van der Waals surface area contributed by atoms with E-state index in [1.165, 1.54) is 10.4 Å². The van der Waals surface area contributed by atoms with Gasteiger partial charge in [-0.1, -0.05) is 25.1 Å². The van der Waals surface area contributed by atoms with Crippen LogP contribution in [-0.4, -0.2) is 12.6 Å². The van der Waals surface area contributed by atoms with E-state index in [0.717, 1.165) is 31.6 Å². The van der Waals surface area contributed by atoms with Crippen molar-refractivity contribution in [2.45, 2.75) is 32.2 Å². The Morgan fingerprint density at radius 3 is 2.63 bits per heavy atom. The topological polar surface area (TPSA) is 35.2 Å². The maximum absolute atomic E-state index is 5.95. The lowest BCUT2D eigenvalue weighted by atomic mass is 10.0. The van der Waals surface area contributed by atoms with Crippen LogP contribution < -0.4 is 10.5 Å². The van der Waals surface area contributed by atoms with Crippen LogP contribution in [0.4, 0.5) is 0 Å². The minimum atomic E-state index is 0.255. The zero-order valence-electron chi connectivity index (χ0n) is 11.3. The van der Waals surface area contributed by atoms with Crippen molar-refractivity contribution >= 4 is 11.3 Å². The Morgan fingerprint density at radius 2 is 2.00 bits per heavy atom. The van der Waals surface area contributed by atoms with Gasteiger partial charge < -0.3 is 10.5 Å². The first-order chi connectivity index (χ1) is 9.28. The fraction of sp³-hybridized carbons (Fsp3) is 0.375. The number of thiophene rings is 1. The first-order valence-corrected chi connectivity index (χ1v) is 7.65. The molecule has 0 fully saturated rings. The lowest BCUT2D eigenvalue weighted by Gasteiger charge is -2.10. The first kappa shape index (κ1) is 14.1. The molecule has 1 unspecified atom stereocenters. The van der Waals surface area contributed by atoms with Crippen molar-refractivity contribution in [3.05, 3.63) is 52.2 Å². The van der Waals surface area contributed by atoms with Gasteiger partial charge >= 0.3 is 0 Å². The summed E-state index contributed by atoms with van der Waals surface area (Å²) in [5.41, 5.74) is 7.23. The molecule has 0 aliphatic rings. The Labute approximate surface area is 119 Å². The molecule has 1 heterocycles. The van der Waals surface area contributed by atoms with Gasteiger partial charge in [0.25, 0.3) is 0 Å². The van der Waals surface area contributed by atoms with Crippen molar-refractivity contribution in [1.29, 1.82) is 0 Å². The van der Waals surface area contributed by atoms with Gasteiger partial charge in [0.2, 0.25) is 0 Å². The summed E-state index contributed by atoms with van der Waals surface area (Å²) in [6.07, 6.45) is 2.92. The standard InChI is InChI=1S/C16H21NOS/c1-2-14(17)12-13-5-7-15(8-6-13)18-10-9-16-4-3-11-19-16/h3-8,11,14H,2,9-10,12,17H2,1H3. The Kier molecular flexibility index (Phi) is 5.43. The quantitative estimate of drug-likeness (QED) is 0.837. The van der Waals surface area contributed by atoms with Crippen LogP contribution in [0.2, 0.25) is 0 Å². The van der Waals surface area contributed by atoms with Gasteiger partial charge in [0, 0.05) is 17.3 Å². The van der Waals surface area contributed by atoms with Gasteiger partial charge in [-0.15, -0.1) is 11.3 Å². The van der Waals surface area contributed by atoms with Crippen LogP contribution in [0, 0.1) is 0 Å². The molecule has 0 aliphatic heterocycles. The number of nitrogens with two attached hydrogens (primary N) is 1. The van der Waals surface area contributed by atoms with Crippen molar-refractivity contribution in [3.8, 4) is 5.75 Å². The smallest absolute Gasteiger partial charge is 0.119 e. The minimum Gasteiger partial charge on any atom is -0.493 e. The number of ether oxygens (including phenoxy) is 1. The fourth-order valence-corrected chi connectivity index (χ4v) is 2.58. The molecule has 19 heavy (non-hydrogen) atoms. The van der Waals surface area contributed by atoms with Crippen LogP contribution in [0.3, 0.4) is 0 Å². The van der Waals surface area contributed by atoms with Crippen molar-refractivity contribution in [3.63, 3.8) is 0 Å². The summed E-state index contributed by atoms with van der Waals surface area (Å²) in [4.78, 5) is 1.37. The highest BCUT2D eigenvalue weighted by atomic mass is 32.1. The highest BCUT2D eigenvalue weighted by molar-refractivity contribution is 7.09. The van der Waals surface area contributed by atoms with Crippen molar-refractivity contribution < 1.29 is 4.74 Å². The third-order valence-corrected chi connectivity index (χ3v) is 4.08. The van der Waals surface area contributed by atoms with E-state index in [1.54, 1.807) is 11.3 Å². The molecule has 0 bridgehead atoms. The Bertz CT molecular complexity index is 464. The molecule has 2 rings (SSSR count). The maximum Gasteiger partial charge on any atom is 0.119 e. The van der Waals surface area contributed by atoms with E-state index >= 15 is 0 Å². The highest BCUT2D eigenvalue weighted by Crippen LogP contribution is 2.15. The van der Waals surface area contributed by atoms with Gasteiger partial charge in [-0.05, 0) is 42.0 Å². The predicted octanol–water partition coefficient (Wildman–Crippen LogP) is 3.65. The monoisotopic (exact) mass is 275 g/mol. The molecule has 1 aromatic carbocycles. The average Bonchev–Trinajstić information content (AvgIpc) is 2.94. The van der Waals surface area contributed by atoms with Crippen molar-refractivity contribution in [2.75, 3.05) is 6.61 Å². The predicted molar refractivity (Wildman–Crippen MR) is 81.9 cm³/mol. The molecule has 0 radical (unpaired) electrons. The van der Waals surface area contributed by atoms with E-state index in [9.17, 15) is 0 Å². The highest BCUT2D eigenvalue weighted by Gasteiger charge is 2.02. The zero-order valence-corrected chi connectivity index (χ0v) is 12.2. The van der Waals surface area contributed by atoms with E-state index in [4.69, 9.17) is 10.5 Å². The lowest BCUT2D eigenvalue weighted by Crippen LogP contribution is -2.21. The van der Waals surface area contributed by atoms with Crippen LogP contribution in [0.1, 0.15) is 23.8 Å². The van der Waals surface area contributed by atoms with Gasteiger partial charge in [-0.3, -0.25) is 0 Å². The summed E-state index contributed by atoms with van der Waals surface area (Å²) in [6, 6.07) is 12.8. The summed E-state index contributed by atoms with van der Waals surface area (Å²) in [5.74, 6) is 0.936. The summed E-state index contributed by atoms with van der Waals surface area (Å²) < 4.78 is 5.74. The molecule has 102 valence electrons. The largest absolute Gasteiger partial charge is 0.493 e. The number of hydrogen-bond acceptors (Lipinski definition) is 3. The molecule has 0 saturated heterocycles. The Hall–Kier alpha value is -1.32. The molecule has 1 aromatic heterocycles. The second kappa shape index (κ2) is 7.31. The Balaban J connectivity index is 1.78. The number of rotatable bonds is 7. The summed E-state index contributed by atoms with van der Waals surface area (Å²) >= 11 is 1.78. The fourth-order valence-electron chi connectivity index (χ4n) is 1.89. The molecule has 1 atom stereocenters. The molecule has 2 nitrogen and oxygen atoms in total. The van der Waals surface area contributed by atoms with Gasteiger partial charge in [0.1, 0.15) is 5.75 Å². The van der Waals surface area contributed by atoms with E-state index in [0.29, 0.717) is 0 Å². The third-order valence-electron chi connectivity index (χ3n) is 3.14. The molecule has 0 spiro atoms. The number of hydrogen-bond donors (Lipinski definition) is 1. The molecule has 2 aromatic rings. The van der Waals surface area contributed by atoms with E-state index in [2.05, 4.69) is 36.6 Å². The summed E-state index contributed by atoms with van der Waals surface area (Å²) in [7, 11) is 0. The normalized spacial score (nSPS) is 12.3. The van der Waals surface area contributed by atoms with Crippen LogP contribution in [-0.2, 0) is 12.8 Å². The molecule has 0 amide bonds. The lowest BCUT2D eigenvalue weighted by molar-refractivity contribution is 0.323. The SMILES string of the molecule is CCC(N)Cc1ccc(OCCc2cccs2)cc1. The van der Waals surface area contributed by atoms with Crippen molar-refractivity contribution in [2.24, 2.45) is 5.73 Å². The van der Waals surface area contributed by atoms with Gasteiger partial charge in [0.05, 0.1) is 6.61 Å². The van der Waals surface area contributed by atoms with Crippen molar-refractivity contribution in [1.82, 2.24) is 0 Å². The minimum absolute atomic E-state index is 0.255. The Morgan fingerprint density at radius 1 is 1.21 bits per heavy atom. The molecule has 0 aliphatic carbocycles. The maximum atomic E-state index is 5.95. The first-order valence-electron chi connectivity index (χ1n) is 6.77. The second-order valence-electron chi connectivity index (χ2n) is 4.69. The number of benzene rings is 1. The van der Waals surface area contributed by atoms with E-state index in [1.807, 2.05) is 12.1 Å². The van der Waals surface area contributed by atoms with Crippen LogP contribution in [0.5, 0.6) is 5.75 Å². The molecular formula is C16H21NOS. The second-order valence-corrected chi connectivity index (χ2v) is 5.73. The van der Waals surface area contributed by atoms with Crippen LogP contribution >= 0.6 is 11.3 Å². The summed E-state index contributed by atoms with van der Waals surface area (Å²) in [5, 5.41) is 2.10. The zero-order chi connectivity index (χ0) is 13.5. The van der Waals surface area contributed by atoms with Crippen LogP contribution in [0.25, 0.3) is 0 Å². The molecule has 2 N–H and O–H groups in total. The van der Waals surface area contributed by atoms with Crippen LogP contribution in [0.15, 0.2) is 41.8 Å². The third kappa shape index (κ3) is 4.69. The van der Waals surface area contributed by atoms with Gasteiger partial charge in [-0.25, -0.2) is 0 Å². The molecule has 3 heteroatoms. The molecular weight excluding hydrogens is 254 g/mol. The summed E-state index contributed by atoms with van der Waals surface area (Å²) in [6.45, 7) is 2.85. The molecule has 0 saturated carbocycles. The van der Waals surface area contributed by atoms with Gasteiger partial charge in [0.15, 0.2) is 0 Å². The van der Waals surface area contributed by atoms with E-state index < -0.39 is 0 Å². The van der Waals surface area contributed by atoms with Gasteiger partial charge in [-0.2, -0.15) is 0 Å². The van der Waals surface area contributed by atoms with E-state index in [-0.39, 0.29) is 6.04 Å².